The number of nitrogens with one attached hydrogen (secondary N) is 2. The van der Waals surface area contributed by atoms with Crippen molar-refractivity contribution in [2.24, 2.45) is 0 Å². The summed E-state index contributed by atoms with van der Waals surface area (Å²) in [5.41, 5.74) is 8.59. The fourth-order valence-electron chi connectivity index (χ4n) is 4.12. The highest BCUT2D eigenvalue weighted by molar-refractivity contribution is 6.30. The van der Waals surface area contributed by atoms with Crippen LogP contribution in [0.3, 0.4) is 0 Å². The molecular weight excluding hydrogens is 519 g/mol. The maximum absolute atomic E-state index is 13.8. The van der Waals surface area contributed by atoms with E-state index in [1.807, 2.05) is 12.1 Å². The summed E-state index contributed by atoms with van der Waals surface area (Å²) in [5, 5.41) is 6.32. The Morgan fingerprint density at radius 2 is 1.51 bits per heavy atom. The van der Waals surface area contributed by atoms with Crippen LogP contribution in [0.1, 0.15) is 28.2 Å². The molecule has 3 aromatic carbocycles. The molecule has 7 nitrogen and oxygen atoms in total. The topological polar surface area (TPSA) is 106 Å². The van der Waals surface area contributed by atoms with Crippen molar-refractivity contribution in [1.29, 1.82) is 0 Å². The van der Waals surface area contributed by atoms with Crippen molar-refractivity contribution in [2.75, 3.05) is 12.8 Å². The second kappa shape index (κ2) is 12.9. The van der Waals surface area contributed by atoms with E-state index in [0.717, 1.165) is 16.7 Å². The Bertz CT molecular complexity index is 1400. The average molecular weight is 547 g/mol. The standard InChI is InChI=1S/C30H28ClFN4O3/c1-39-25-13-7-22(8-14-25)28(21-5-9-23(31)10-6-21)30(38)36-26(16-20-4-15-27(33)34-18-20)29(37)35-17-19-2-11-24(32)12-3-19/h2-15,18,26,28H,16-17H2,1H3,(H2,33,34)(H,35,37)(H,36,38). The minimum absolute atomic E-state index is 0.171. The van der Waals surface area contributed by atoms with E-state index in [1.165, 1.54) is 12.1 Å². The van der Waals surface area contributed by atoms with E-state index in [4.69, 9.17) is 22.1 Å². The normalized spacial score (nSPS) is 12.3. The number of halogens is 2. The largest absolute Gasteiger partial charge is 0.497 e. The molecule has 0 bridgehead atoms. The highest BCUT2D eigenvalue weighted by Crippen LogP contribution is 2.28. The molecule has 4 aromatic rings. The predicted octanol–water partition coefficient (Wildman–Crippen LogP) is 4.64. The predicted molar refractivity (Wildman–Crippen MR) is 149 cm³/mol. The third-order valence-corrected chi connectivity index (χ3v) is 6.47. The minimum Gasteiger partial charge on any atom is -0.497 e. The summed E-state index contributed by atoms with van der Waals surface area (Å²) in [5.74, 6) is -0.838. The monoisotopic (exact) mass is 546 g/mol. The lowest BCUT2D eigenvalue weighted by molar-refractivity contribution is -0.129. The number of rotatable bonds is 10. The average Bonchev–Trinajstić information content (AvgIpc) is 2.95. The number of amides is 2. The summed E-state index contributed by atoms with van der Waals surface area (Å²) in [6, 6.07) is 22.5. The first kappa shape index (κ1) is 27.6. The van der Waals surface area contributed by atoms with Crippen molar-refractivity contribution in [3.63, 3.8) is 0 Å². The Hall–Kier alpha value is -4.43. The van der Waals surface area contributed by atoms with Crippen LogP contribution < -0.4 is 21.1 Å². The SMILES string of the molecule is COc1ccc(C(C(=O)NC(Cc2ccc(N)nc2)C(=O)NCc2ccc(F)cc2)c2ccc(Cl)cc2)cc1. The smallest absolute Gasteiger partial charge is 0.243 e. The fourth-order valence-corrected chi connectivity index (χ4v) is 4.24. The molecule has 0 spiro atoms. The van der Waals surface area contributed by atoms with Crippen LogP contribution in [0.15, 0.2) is 91.1 Å². The number of aromatic nitrogens is 1. The second-order valence-corrected chi connectivity index (χ2v) is 9.40. The van der Waals surface area contributed by atoms with Gasteiger partial charge in [-0.15, -0.1) is 0 Å². The zero-order valence-corrected chi connectivity index (χ0v) is 22.0. The number of nitrogens with two attached hydrogens (primary N) is 1. The van der Waals surface area contributed by atoms with Crippen molar-refractivity contribution in [1.82, 2.24) is 15.6 Å². The first-order valence-corrected chi connectivity index (χ1v) is 12.6. The van der Waals surface area contributed by atoms with Gasteiger partial charge in [-0.25, -0.2) is 9.37 Å². The van der Waals surface area contributed by atoms with Crippen molar-refractivity contribution in [3.8, 4) is 5.75 Å². The van der Waals surface area contributed by atoms with Gasteiger partial charge < -0.3 is 21.1 Å². The molecule has 9 heteroatoms. The number of nitrogen functional groups attached to an aromatic ring is 1. The third-order valence-electron chi connectivity index (χ3n) is 6.22. The number of anilines is 1. The Labute approximate surface area is 231 Å². The minimum atomic E-state index is -0.920. The lowest BCUT2D eigenvalue weighted by Gasteiger charge is -2.23. The summed E-state index contributed by atoms with van der Waals surface area (Å²) < 4.78 is 18.5. The zero-order chi connectivity index (χ0) is 27.8. The number of nitrogens with zero attached hydrogens (tertiary/aromatic N) is 1. The van der Waals surface area contributed by atoms with Gasteiger partial charge in [-0.2, -0.15) is 0 Å². The van der Waals surface area contributed by atoms with Gasteiger partial charge in [0.05, 0.1) is 13.0 Å². The number of ether oxygens (including phenoxy) is 1. The molecule has 0 saturated heterocycles. The molecule has 0 aliphatic rings. The molecule has 0 radical (unpaired) electrons. The van der Waals surface area contributed by atoms with Crippen LogP contribution in [0.2, 0.25) is 5.02 Å². The number of carbonyl (C=O) groups is 2. The first-order chi connectivity index (χ1) is 18.8. The van der Waals surface area contributed by atoms with Crippen LogP contribution in [0.25, 0.3) is 0 Å². The van der Waals surface area contributed by atoms with Gasteiger partial charge >= 0.3 is 0 Å². The maximum Gasteiger partial charge on any atom is 0.243 e. The Balaban J connectivity index is 1.60. The van der Waals surface area contributed by atoms with E-state index in [0.29, 0.717) is 22.2 Å². The number of benzene rings is 3. The summed E-state index contributed by atoms with van der Waals surface area (Å²) in [7, 11) is 1.57. The number of pyridine rings is 1. The Morgan fingerprint density at radius 3 is 2.10 bits per heavy atom. The number of carbonyl (C=O) groups excluding carboxylic acids is 2. The van der Waals surface area contributed by atoms with Gasteiger partial charge in [0, 0.05) is 24.2 Å². The maximum atomic E-state index is 13.8. The van der Waals surface area contributed by atoms with Crippen molar-refractivity contribution in [2.45, 2.75) is 24.9 Å². The number of methoxy groups -OCH3 is 1. The number of hydrogen-bond acceptors (Lipinski definition) is 5. The van der Waals surface area contributed by atoms with E-state index < -0.39 is 17.9 Å². The molecule has 200 valence electrons. The van der Waals surface area contributed by atoms with Gasteiger partial charge in [0.2, 0.25) is 11.8 Å². The van der Waals surface area contributed by atoms with E-state index in [2.05, 4.69) is 15.6 Å². The van der Waals surface area contributed by atoms with Crippen LogP contribution >= 0.6 is 11.6 Å². The molecular formula is C30H28ClFN4O3. The van der Waals surface area contributed by atoms with Gasteiger partial charge in [-0.3, -0.25) is 9.59 Å². The van der Waals surface area contributed by atoms with Crippen LogP contribution in [-0.4, -0.2) is 29.9 Å². The van der Waals surface area contributed by atoms with Crippen LogP contribution in [-0.2, 0) is 22.6 Å². The van der Waals surface area contributed by atoms with Gasteiger partial charge in [-0.05, 0) is 64.7 Å². The van der Waals surface area contributed by atoms with Gasteiger partial charge in [0.1, 0.15) is 23.4 Å². The second-order valence-electron chi connectivity index (χ2n) is 8.96. The van der Waals surface area contributed by atoms with Crippen molar-refractivity contribution >= 4 is 29.2 Å². The van der Waals surface area contributed by atoms with Crippen LogP contribution in [0, 0.1) is 5.82 Å². The highest BCUT2D eigenvalue weighted by atomic mass is 35.5. The fraction of sp³-hybridized carbons (Fsp3) is 0.167. The summed E-state index contributed by atoms with van der Waals surface area (Å²) >= 11 is 6.10. The van der Waals surface area contributed by atoms with E-state index >= 15 is 0 Å². The molecule has 0 aliphatic carbocycles. The van der Waals surface area contributed by atoms with Crippen molar-refractivity contribution in [3.05, 3.63) is 124 Å². The summed E-state index contributed by atoms with van der Waals surface area (Å²) in [6.45, 7) is 0.171. The molecule has 2 unspecified atom stereocenters. The zero-order valence-electron chi connectivity index (χ0n) is 21.2. The Kier molecular flexibility index (Phi) is 9.12. The van der Waals surface area contributed by atoms with Gasteiger partial charge in [0.15, 0.2) is 0 Å². The van der Waals surface area contributed by atoms with E-state index in [-0.39, 0.29) is 24.7 Å². The van der Waals surface area contributed by atoms with Crippen LogP contribution in [0.5, 0.6) is 5.75 Å². The molecule has 2 amide bonds. The van der Waals surface area contributed by atoms with Crippen LogP contribution in [0.4, 0.5) is 10.2 Å². The first-order valence-electron chi connectivity index (χ1n) is 12.2. The summed E-state index contributed by atoms with van der Waals surface area (Å²) in [4.78, 5) is 31.3. The Morgan fingerprint density at radius 1 is 0.897 bits per heavy atom. The third kappa shape index (κ3) is 7.55. The van der Waals surface area contributed by atoms with Crippen molar-refractivity contribution < 1.29 is 18.7 Å². The molecule has 0 aliphatic heterocycles. The van der Waals surface area contributed by atoms with E-state index in [9.17, 15) is 14.0 Å². The highest BCUT2D eigenvalue weighted by Gasteiger charge is 2.28. The van der Waals surface area contributed by atoms with Gasteiger partial charge in [0.25, 0.3) is 0 Å². The molecule has 0 saturated carbocycles. The number of hydrogen-bond donors (Lipinski definition) is 3. The van der Waals surface area contributed by atoms with Gasteiger partial charge in [-0.1, -0.05) is 54.1 Å². The quantitative estimate of drug-likeness (QED) is 0.269. The molecule has 0 fully saturated rings. The molecule has 1 aromatic heterocycles. The lowest BCUT2D eigenvalue weighted by atomic mass is 9.90. The molecule has 2 atom stereocenters. The lowest BCUT2D eigenvalue weighted by Crippen LogP contribution is -2.49. The molecule has 4 N–H and O–H groups in total. The molecule has 4 rings (SSSR count). The summed E-state index contributed by atoms with van der Waals surface area (Å²) in [6.07, 6.45) is 1.76. The van der Waals surface area contributed by atoms with E-state index in [1.54, 1.807) is 74.0 Å². The molecule has 39 heavy (non-hydrogen) atoms. The molecule has 1 heterocycles.